The van der Waals surface area contributed by atoms with Crippen molar-refractivity contribution in [3.8, 4) is 0 Å². The van der Waals surface area contributed by atoms with E-state index in [-0.39, 0.29) is 0 Å². The molecule has 0 aromatic rings. The lowest BCUT2D eigenvalue weighted by Crippen LogP contribution is -2.26. The zero-order valence-corrected chi connectivity index (χ0v) is 13.0. The molecule has 4 aliphatic rings. The van der Waals surface area contributed by atoms with Gasteiger partial charge in [0.05, 0.1) is 0 Å². The van der Waals surface area contributed by atoms with Gasteiger partial charge >= 0.3 is 0 Å². The number of hydrogen-bond acceptors (Lipinski definition) is 0. The average Bonchev–Trinajstić information content (AvgIpc) is 3.21. The van der Waals surface area contributed by atoms with Crippen molar-refractivity contribution in [2.75, 3.05) is 0 Å². The maximum absolute atomic E-state index is 1.56. The van der Waals surface area contributed by atoms with Crippen molar-refractivity contribution >= 4 is 0 Å². The van der Waals surface area contributed by atoms with Crippen LogP contribution >= 0.6 is 0 Å². The Labute approximate surface area is 120 Å². The Balaban J connectivity index is 0.000000122. The molecular formula is C19H34. The van der Waals surface area contributed by atoms with Crippen LogP contribution in [-0.4, -0.2) is 0 Å². The van der Waals surface area contributed by atoms with E-state index in [0.717, 1.165) is 10.8 Å². The van der Waals surface area contributed by atoms with Gasteiger partial charge in [-0.2, -0.15) is 0 Å². The van der Waals surface area contributed by atoms with E-state index in [0.29, 0.717) is 0 Å². The van der Waals surface area contributed by atoms with Crippen molar-refractivity contribution in [2.24, 2.45) is 10.8 Å². The highest BCUT2D eigenvalue weighted by atomic mass is 14.5. The molecule has 19 heavy (non-hydrogen) atoms. The van der Waals surface area contributed by atoms with Crippen LogP contribution in [0.2, 0.25) is 0 Å². The van der Waals surface area contributed by atoms with Crippen LogP contribution in [0, 0.1) is 10.8 Å². The molecule has 4 aliphatic carbocycles. The average molecular weight is 262 g/mol. The van der Waals surface area contributed by atoms with Crippen molar-refractivity contribution in [1.82, 2.24) is 0 Å². The third kappa shape index (κ3) is 3.76. The summed E-state index contributed by atoms with van der Waals surface area (Å²) in [5.41, 5.74) is 1.79. The molecule has 0 saturated heterocycles. The topological polar surface area (TPSA) is 0 Å². The smallest absolute Gasteiger partial charge is 0.0297 e. The highest BCUT2D eigenvalue weighted by Gasteiger charge is 2.42. The van der Waals surface area contributed by atoms with Gasteiger partial charge in [0.25, 0.3) is 0 Å². The molecule has 0 nitrogen and oxygen atoms in total. The summed E-state index contributed by atoms with van der Waals surface area (Å²) < 4.78 is 0. The molecule has 2 spiro atoms. The van der Waals surface area contributed by atoms with E-state index in [1.807, 2.05) is 0 Å². The molecular weight excluding hydrogens is 228 g/mol. The molecule has 0 heterocycles. The molecule has 110 valence electrons. The van der Waals surface area contributed by atoms with Crippen LogP contribution in [0.4, 0.5) is 0 Å². The second kappa shape index (κ2) is 6.19. The summed E-state index contributed by atoms with van der Waals surface area (Å²) in [6, 6.07) is 0. The summed E-state index contributed by atoms with van der Waals surface area (Å²) in [6.45, 7) is 0. The molecule has 0 N–H and O–H groups in total. The first kappa shape index (κ1) is 14.0. The minimum absolute atomic E-state index is 0.858. The van der Waals surface area contributed by atoms with Gasteiger partial charge in [-0.1, -0.05) is 57.8 Å². The van der Waals surface area contributed by atoms with Crippen LogP contribution in [0.1, 0.15) is 109 Å². The van der Waals surface area contributed by atoms with Gasteiger partial charge < -0.3 is 0 Å². The second-order valence-corrected chi connectivity index (χ2v) is 8.18. The highest BCUT2D eigenvalue weighted by molar-refractivity contribution is 4.94. The normalized spacial score (nSPS) is 31.6. The van der Waals surface area contributed by atoms with Crippen LogP contribution in [0.15, 0.2) is 0 Å². The predicted octanol–water partition coefficient (Wildman–Crippen LogP) is 6.63. The molecule has 0 atom stereocenters. The lowest BCUT2D eigenvalue weighted by atomic mass is 9.65. The van der Waals surface area contributed by atoms with Gasteiger partial charge in [-0.3, -0.25) is 0 Å². The van der Waals surface area contributed by atoms with Crippen molar-refractivity contribution in [2.45, 2.75) is 109 Å². The van der Waals surface area contributed by atoms with E-state index in [4.69, 9.17) is 0 Å². The fourth-order valence-corrected chi connectivity index (χ4v) is 5.08. The summed E-state index contributed by atoms with van der Waals surface area (Å²) in [7, 11) is 0. The van der Waals surface area contributed by atoms with Crippen LogP contribution in [-0.2, 0) is 0 Å². The second-order valence-electron chi connectivity index (χ2n) is 8.18. The van der Waals surface area contributed by atoms with E-state index in [1.54, 1.807) is 51.4 Å². The summed E-state index contributed by atoms with van der Waals surface area (Å²) in [5, 5.41) is 0. The van der Waals surface area contributed by atoms with E-state index in [1.165, 1.54) is 57.8 Å². The molecule has 4 rings (SSSR count). The lowest BCUT2D eigenvalue weighted by Gasteiger charge is -2.40. The van der Waals surface area contributed by atoms with Crippen molar-refractivity contribution in [3.63, 3.8) is 0 Å². The van der Waals surface area contributed by atoms with Gasteiger partial charge in [0, 0.05) is 0 Å². The van der Waals surface area contributed by atoms with Crippen LogP contribution < -0.4 is 0 Å². The first-order valence-electron chi connectivity index (χ1n) is 9.33. The van der Waals surface area contributed by atoms with E-state index >= 15 is 0 Å². The Hall–Kier alpha value is 0. The quantitative estimate of drug-likeness (QED) is 0.459. The molecule has 0 radical (unpaired) electrons. The van der Waals surface area contributed by atoms with E-state index in [2.05, 4.69) is 0 Å². The Morgan fingerprint density at radius 3 is 0.789 bits per heavy atom. The molecule has 4 fully saturated rings. The third-order valence-electron chi connectivity index (χ3n) is 6.70. The van der Waals surface area contributed by atoms with Gasteiger partial charge in [0.1, 0.15) is 0 Å². The number of hydrogen-bond donors (Lipinski definition) is 0. The molecule has 0 unspecified atom stereocenters. The zero-order chi connectivity index (χ0) is 13.0. The summed E-state index contributed by atoms with van der Waals surface area (Å²) in [5.74, 6) is 0. The fourth-order valence-electron chi connectivity index (χ4n) is 5.08. The van der Waals surface area contributed by atoms with E-state index in [9.17, 15) is 0 Å². The minimum Gasteiger partial charge on any atom is -0.0533 e. The summed E-state index contributed by atoms with van der Waals surface area (Å²) >= 11 is 0. The Kier molecular flexibility index (Phi) is 4.54. The third-order valence-corrected chi connectivity index (χ3v) is 6.70. The number of rotatable bonds is 0. The highest BCUT2D eigenvalue weighted by Crippen LogP contribution is 2.55. The molecule has 0 aliphatic heterocycles. The summed E-state index contributed by atoms with van der Waals surface area (Å²) in [4.78, 5) is 0. The van der Waals surface area contributed by atoms with Gasteiger partial charge in [0.15, 0.2) is 0 Å². The monoisotopic (exact) mass is 262 g/mol. The minimum atomic E-state index is 0.858. The first-order chi connectivity index (χ1) is 9.33. The van der Waals surface area contributed by atoms with Crippen molar-refractivity contribution in [3.05, 3.63) is 0 Å². The van der Waals surface area contributed by atoms with Gasteiger partial charge in [0.2, 0.25) is 0 Å². The molecule has 0 heteroatoms. The van der Waals surface area contributed by atoms with Gasteiger partial charge in [-0.05, 0) is 62.2 Å². The van der Waals surface area contributed by atoms with Crippen LogP contribution in [0.5, 0.6) is 0 Å². The Morgan fingerprint density at radius 1 is 0.263 bits per heavy atom. The van der Waals surface area contributed by atoms with Crippen molar-refractivity contribution < 1.29 is 0 Å². The van der Waals surface area contributed by atoms with Crippen molar-refractivity contribution in [1.29, 1.82) is 0 Å². The lowest BCUT2D eigenvalue weighted by molar-refractivity contribution is 0.124. The van der Waals surface area contributed by atoms with Crippen LogP contribution in [0.3, 0.4) is 0 Å². The van der Waals surface area contributed by atoms with Gasteiger partial charge in [-0.15, -0.1) is 0 Å². The summed E-state index contributed by atoms with van der Waals surface area (Å²) in [6.07, 6.45) is 26.2. The van der Waals surface area contributed by atoms with Gasteiger partial charge in [-0.25, -0.2) is 0 Å². The maximum atomic E-state index is 1.56. The maximum Gasteiger partial charge on any atom is -0.0297 e. The molecule has 0 aromatic carbocycles. The molecule has 4 saturated carbocycles. The zero-order valence-electron chi connectivity index (χ0n) is 13.0. The predicted molar refractivity (Wildman–Crippen MR) is 83.4 cm³/mol. The molecule has 0 aromatic heterocycles. The Bertz CT molecular complexity index is 234. The fraction of sp³-hybridized carbons (Fsp3) is 1.00. The molecule has 0 amide bonds. The molecule has 0 bridgehead atoms. The Morgan fingerprint density at radius 2 is 0.526 bits per heavy atom. The van der Waals surface area contributed by atoms with E-state index < -0.39 is 0 Å². The largest absolute Gasteiger partial charge is 0.0533 e. The standard InChI is InChI=1S/C11H20.C8H14/c1-3-7-11(8-4-1)9-5-2-6-10-11;1-2-4-8(5-3-1)6-7-8/h1-10H2;1-7H2. The van der Waals surface area contributed by atoms with Crippen LogP contribution in [0.25, 0.3) is 0 Å². The first-order valence-corrected chi connectivity index (χ1v) is 9.33. The SMILES string of the molecule is C1CCC2(CC1)CC2.C1CCC2(CC1)CCCCC2.